The second kappa shape index (κ2) is 8.81. The van der Waals surface area contributed by atoms with Crippen molar-refractivity contribution >= 4 is 11.9 Å². The van der Waals surface area contributed by atoms with E-state index < -0.39 is 6.10 Å². The van der Waals surface area contributed by atoms with Crippen LogP contribution in [0.4, 0.5) is 0 Å². The standard InChI is InChI=1S/C25H30N2O4/c1-17(28)31-21-10-6-9-19(13-21)25-11-12-27(2)16-22(25)23(29)14-20(15-25)26-24(30)18-7-4-3-5-8-18/h3-10,13,20,22-23,29H,11-12,14-16H2,1-2H3,(H,26,30). The minimum atomic E-state index is -0.532. The van der Waals surface area contributed by atoms with Crippen LogP contribution in [-0.2, 0) is 10.2 Å². The number of nitrogens with one attached hydrogen (secondary N) is 1. The molecule has 6 nitrogen and oxygen atoms in total. The molecule has 2 aliphatic rings. The van der Waals surface area contributed by atoms with Gasteiger partial charge in [-0.2, -0.15) is 0 Å². The van der Waals surface area contributed by atoms with Crippen LogP contribution in [0.5, 0.6) is 5.75 Å². The molecule has 2 fully saturated rings. The summed E-state index contributed by atoms with van der Waals surface area (Å²) in [5.41, 5.74) is 1.38. The number of hydrogen-bond donors (Lipinski definition) is 2. The SMILES string of the molecule is CC(=O)Oc1cccc(C23CCN(C)CC2C(O)CC(NC(=O)c2ccccc2)C3)c1. The van der Waals surface area contributed by atoms with Gasteiger partial charge in [0.1, 0.15) is 5.75 Å². The number of likely N-dealkylation sites (tertiary alicyclic amines) is 1. The first-order chi connectivity index (χ1) is 14.9. The minimum Gasteiger partial charge on any atom is -0.427 e. The van der Waals surface area contributed by atoms with Gasteiger partial charge in [0.25, 0.3) is 5.91 Å². The Morgan fingerprint density at radius 3 is 2.68 bits per heavy atom. The first-order valence-corrected chi connectivity index (χ1v) is 10.9. The first-order valence-electron chi connectivity index (χ1n) is 10.9. The van der Waals surface area contributed by atoms with Crippen molar-refractivity contribution < 1.29 is 19.4 Å². The Morgan fingerprint density at radius 2 is 1.94 bits per heavy atom. The fourth-order valence-electron chi connectivity index (χ4n) is 5.38. The fourth-order valence-corrected chi connectivity index (χ4v) is 5.38. The van der Waals surface area contributed by atoms with Crippen LogP contribution in [0.1, 0.15) is 42.1 Å². The Balaban J connectivity index is 1.65. The number of fused-ring (bicyclic) bond motifs is 1. The van der Waals surface area contributed by atoms with Crippen LogP contribution in [0.2, 0.25) is 0 Å². The van der Waals surface area contributed by atoms with Crippen LogP contribution < -0.4 is 10.1 Å². The van der Waals surface area contributed by atoms with Gasteiger partial charge >= 0.3 is 5.97 Å². The van der Waals surface area contributed by atoms with E-state index in [0.717, 1.165) is 31.5 Å². The molecule has 2 aromatic carbocycles. The normalized spacial score (nSPS) is 28.4. The van der Waals surface area contributed by atoms with Crippen LogP contribution in [0, 0.1) is 5.92 Å². The lowest BCUT2D eigenvalue weighted by molar-refractivity contribution is -0.131. The Bertz CT molecular complexity index is 948. The summed E-state index contributed by atoms with van der Waals surface area (Å²) in [6, 6.07) is 16.7. The number of ether oxygens (including phenoxy) is 1. The molecule has 0 aromatic heterocycles. The van der Waals surface area contributed by atoms with Gasteiger partial charge in [-0.1, -0.05) is 30.3 Å². The van der Waals surface area contributed by atoms with E-state index in [1.54, 1.807) is 18.2 Å². The molecule has 6 heteroatoms. The lowest BCUT2D eigenvalue weighted by Gasteiger charge is -2.54. The number of esters is 1. The predicted octanol–water partition coefficient (Wildman–Crippen LogP) is 2.75. The number of carbonyl (C=O) groups excluding carboxylic acids is 2. The van der Waals surface area contributed by atoms with Crippen LogP contribution in [-0.4, -0.2) is 54.2 Å². The molecule has 2 aromatic rings. The van der Waals surface area contributed by atoms with E-state index >= 15 is 0 Å². The van der Waals surface area contributed by atoms with Crippen molar-refractivity contribution in [3.8, 4) is 5.75 Å². The van der Waals surface area contributed by atoms with Gasteiger partial charge in [-0.25, -0.2) is 0 Å². The van der Waals surface area contributed by atoms with Gasteiger partial charge in [-0.15, -0.1) is 0 Å². The number of piperidine rings is 1. The Kier molecular flexibility index (Phi) is 6.12. The maximum atomic E-state index is 12.8. The Hall–Kier alpha value is -2.70. The molecule has 2 N–H and O–H groups in total. The third-order valence-electron chi connectivity index (χ3n) is 6.80. The maximum Gasteiger partial charge on any atom is 0.308 e. The summed E-state index contributed by atoms with van der Waals surface area (Å²) < 4.78 is 5.34. The molecule has 0 bridgehead atoms. The summed E-state index contributed by atoms with van der Waals surface area (Å²) in [6.45, 7) is 3.08. The lowest BCUT2D eigenvalue weighted by atomic mass is 9.57. The highest BCUT2D eigenvalue weighted by Gasteiger charge is 2.51. The second-order valence-corrected chi connectivity index (χ2v) is 8.94. The van der Waals surface area contributed by atoms with Crippen LogP contribution in [0.15, 0.2) is 54.6 Å². The summed E-state index contributed by atoms with van der Waals surface area (Å²) in [4.78, 5) is 26.5. The zero-order valence-electron chi connectivity index (χ0n) is 18.1. The van der Waals surface area contributed by atoms with Crippen LogP contribution >= 0.6 is 0 Å². The fraction of sp³-hybridized carbons (Fsp3) is 0.440. The van der Waals surface area contributed by atoms with Crippen LogP contribution in [0.3, 0.4) is 0 Å². The highest BCUT2D eigenvalue weighted by atomic mass is 16.5. The molecule has 0 radical (unpaired) electrons. The number of nitrogens with zero attached hydrogens (tertiary/aromatic N) is 1. The van der Waals surface area contributed by atoms with Crippen LogP contribution in [0.25, 0.3) is 0 Å². The molecule has 1 aliphatic carbocycles. The van der Waals surface area contributed by atoms with E-state index in [1.165, 1.54) is 6.92 Å². The molecule has 4 atom stereocenters. The zero-order valence-corrected chi connectivity index (χ0v) is 18.1. The van der Waals surface area contributed by atoms with Gasteiger partial charge in [-0.3, -0.25) is 9.59 Å². The third-order valence-corrected chi connectivity index (χ3v) is 6.80. The lowest BCUT2D eigenvalue weighted by Crippen LogP contribution is -2.60. The number of aliphatic hydroxyl groups excluding tert-OH is 1. The van der Waals surface area contributed by atoms with Crippen molar-refractivity contribution in [2.24, 2.45) is 5.92 Å². The molecule has 164 valence electrons. The molecular weight excluding hydrogens is 392 g/mol. The quantitative estimate of drug-likeness (QED) is 0.585. The molecule has 4 unspecified atom stereocenters. The van der Waals surface area contributed by atoms with Gasteiger partial charge in [0.05, 0.1) is 6.10 Å². The summed E-state index contributed by atoms with van der Waals surface area (Å²) in [6.07, 6.45) is 1.61. The number of amides is 1. The van der Waals surface area contributed by atoms with Crippen molar-refractivity contribution in [1.29, 1.82) is 0 Å². The smallest absolute Gasteiger partial charge is 0.308 e. The van der Waals surface area contributed by atoms with E-state index in [2.05, 4.69) is 23.3 Å². The van der Waals surface area contributed by atoms with Gasteiger partial charge in [0.2, 0.25) is 0 Å². The number of hydrogen-bond acceptors (Lipinski definition) is 5. The zero-order chi connectivity index (χ0) is 22.0. The Labute approximate surface area is 183 Å². The average molecular weight is 423 g/mol. The molecule has 1 saturated carbocycles. The summed E-state index contributed by atoms with van der Waals surface area (Å²) in [7, 11) is 2.08. The monoisotopic (exact) mass is 422 g/mol. The molecule has 4 rings (SSSR count). The highest BCUT2D eigenvalue weighted by molar-refractivity contribution is 5.94. The molecule has 1 aliphatic heterocycles. The van der Waals surface area contributed by atoms with Crippen molar-refractivity contribution in [2.75, 3.05) is 20.1 Å². The predicted molar refractivity (Wildman–Crippen MR) is 118 cm³/mol. The molecule has 1 saturated heterocycles. The van der Waals surface area contributed by atoms with Gasteiger partial charge in [0.15, 0.2) is 0 Å². The molecule has 31 heavy (non-hydrogen) atoms. The number of aliphatic hydroxyl groups is 1. The molecule has 1 heterocycles. The topological polar surface area (TPSA) is 78.9 Å². The number of rotatable bonds is 4. The van der Waals surface area contributed by atoms with E-state index in [0.29, 0.717) is 17.7 Å². The summed E-state index contributed by atoms with van der Waals surface area (Å²) >= 11 is 0. The highest BCUT2D eigenvalue weighted by Crippen LogP contribution is 2.49. The number of benzene rings is 2. The van der Waals surface area contributed by atoms with E-state index in [9.17, 15) is 14.7 Å². The maximum absolute atomic E-state index is 12.8. The van der Waals surface area contributed by atoms with Crippen molar-refractivity contribution in [3.05, 3.63) is 65.7 Å². The minimum absolute atomic E-state index is 0.0451. The number of carbonyl (C=O) groups is 2. The Morgan fingerprint density at radius 1 is 1.16 bits per heavy atom. The van der Waals surface area contributed by atoms with E-state index in [1.807, 2.05) is 30.3 Å². The summed E-state index contributed by atoms with van der Waals surface area (Å²) in [5.74, 6) is 0.0879. The van der Waals surface area contributed by atoms with Crippen molar-refractivity contribution in [2.45, 2.75) is 43.7 Å². The molecular formula is C25H30N2O4. The van der Waals surface area contributed by atoms with Crippen molar-refractivity contribution in [3.63, 3.8) is 0 Å². The van der Waals surface area contributed by atoms with Gasteiger partial charge in [-0.05, 0) is 62.7 Å². The molecule has 0 spiro atoms. The van der Waals surface area contributed by atoms with Gasteiger partial charge < -0.3 is 20.1 Å². The third kappa shape index (κ3) is 4.50. The van der Waals surface area contributed by atoms with E-state index in [4.69, 9.17) is 4.74 Å². The summed E-state index contributed by atoms with van der Waals surface area (Å²) in [5, 5.41) is 14.3. The molecule has 1 amide bonds. The average Bonchev–Trinajstić information content (AvgIpc) is 2.75. The first kappa shape index (κ1) is 21.5. The second-order valence-electron chi connectivity index (χ2n) is 8.94. The van der Waals surface area contributed by atoms with E-state index in [-0.39, 0.29) is 29.3 Å². The van der Waals surface area contributed by atoms with Gasteiger partial charge in [0, 0.05) is 36.4 Å². The largest absolute Gasteiger partial charge is 0.427 e. The van der Waals surface area contributed by atoms with Crippen molar-refractivity contribution in [1.82, 2.24) is 10.2 Å².